The van der Waals surface area contributed by atoms with Crippen LogP contribution in [0.5, 0.6) is 0 Å². The van der Waals surface area contributed by atoms with E-state index in [1.165, 1.54) is 27.5 Å². The summed E-state index contributed by atoms with van der Waals surface area (Å²) in [5.41, 5.74) is 9.88. The summed E-state index contributed by atoms with van der Waals surface area (Å²) in [7, 11) is 2.11. The number of furan rings is 1. The first-order chi connectivity index (χ1) is 18.4. The summed E-state index contributed by atoms with van der Waals surface area (Å²) in [4.78, 5) is 5.07. The van der Waals surface area contributed by atoms with E-state index in [4.69, 9.17) is 9.40 Å². The maximum atomic E-state index is 6.61. The fraction of sp³-hybridized carbons (Fsp3) is 0.278. The molecule has 0 saturated heterocycles. The van der Waals surface area contributed by atoms with Crippen molar-refractivity contribution in [3.63, 3.8) is 0 Å². The molecule has 3 aromatic carbocycles. The van der Waals surface area contributed by atoms with Crippen LogP contribution in [0.4, 0.5) is 0 Å². The SMILES string of the molecule is Cc1ccc2c(oc3ccc(-c4cc(C(C)(C)C)nc(C(C)(C)C)c4)cc32)c1-c1cc2ccccc2c[n+]1C. The summed E-state index contributed by atoms with van der Waals surface area (Å²) in [6, 6.07) is 26.3. The Morgan fingerprint density at radius 2 is 1.36 bits per heavy atom. The molecule has 0 unspecified atom stereocenters. The van der Waals surface area contributed by atoms with E-state index < -0.39 is 0 Å². The quantitative estimate of drug-likeness (QED) is 0.216. The van der Waals surface area contributed by atoms with Crippen LogP contribution in [0, 0.1) is 6.92 Å². The molecule has 3 nitrogen and oxygen atoms in total. The largest absolute Gasteiger partial charge is 0.455 e. The second kappa shape index (κ2) is 8.77. The highest BCUT2D eigenvalue weighted by molar-refractivity contribution is 6.11. The van der Waals surface area contributed by atoms with Crippen LogP contribution >= 0.6 is 0 Å². The Hall–Kier alpha value is -3.98. The van der Waals surface area contributed by atoms with Gasteiger partial charge in [0, 0.05) is 44.4 Å². The molecule has 6 aromatic rings. The van der Waals surface area contributed by atoms with Crippen LogP contribution in [0.15, 0.2) is 83.4 Å². The van der Waals surface area contributed by atoms with Gasteiger partial charge in [-0.05, 0) is 59.3 Å². The van der Waals surface area contributed by atoms with E-state index in [1.54, 1.807) is 0 Å². The second-order valence-corrected chi connectivity index (χ2v) is 13.0. The summed E-state index contributed by atoms with van der Waals surface area (Å²) in [6.45, 7) is 15.6. The zero-order valence-electron chi connectivity index (χ0n) is 24.3. The van der Waals surface area contributed by atoms with Crippen molar-refractivity contribution >= 4 is 32.7 Å². The maximum Gasteiger partial charge on any atom is 0.216 e. The first kappa shape index (κ1) is 25.3. The van der Waals surface area contributed by atoms with E-state index >= 15 is 0 Å². The first-order valence-corrected chi connectivity index (χ1v) is 13.8. The van der Waals surface area contributed by atoms with Crippen LogP contribution < -0.4 is 4.57 Å². The van der Waals surface area contributed by atoms with Crippen molar-refractivity contribution in [2.24, 2.45) is 7.05 Å². The van der Waals surface area contributed by atoms with Gasteiger partial charge in [0.1, 0.15) is 18.2 Å². The summed E-state index contributed by atoms with van der Waals surface area (Å²) >= 11 is 0. The van der Waals surface area contributed by atoms with Crippen LogP contribution in [0.1, 0.15) is 58.5 Å². The third-order valence-corrected chi connectivity index (χ3v) is 7.80. The van der Waals surface area contributed by atoms with Crippen molar-refractivity contribution in [3.8, 4) is 22.4 Å². The van der Waals surface area contributed by atoms with Crippen molar-refractivity contribution in [3.05, 3.63) is 95.9 Å². The van der Waals surface area contributed by atoms with Gasteiger partial charge in [-0.2, -0.15) is 0 Å². The van der Waals surface area contributed by atoms with Crippen molar-refractivity contribution in [1.82, 2.24) is 4.98 Å². The zero-order chi connectivity index (χ0) is 27.7. The lowest BCUT2D eigenvalue weighted by Gasteiger charge is -2.25. The van der Waals surface area contributed by atoms with Gasteiger partial charge in [-0.1, -0.05) is 77.9 Å². The third kappa shape index (κ3) is 4.40. The maximum absolute atomic E-state index is 6.61. The summed E-state index contributed by atoms with van der Waals surface area (Å²) in [5.74, 6) is 0. The molecule has 3 aromatic heterocycles. The van der Waals surface area contributed by atoms with E-state index in [2.05, 4.69) is 139 Å². The number of nitrogens with zero attached hydrogens (tertiary/aromatic N) is 2. The minimum Gasteiger partial charge on any atom is -0.455 e. The molecule has 0 bridgehead atoms. The predicted octanol–water partition coefficient (Wildman–Crippen LogP) is 9.20. The van der Waals surface area contributed by atoms with Crippen LogP contribution in [0.25, 0.3) is 55.1 Å². The molecule has 0 radical (unpaired) electrons. The zero-order valence-corrected chi connectivity index (χ0v) is 24.3. The third-order valence-electron chi connectivity index (χ3n) is 7.80. The lowest BCUT2D eigenvalue weighted by Crippen LogP contribution is -2.30. The molecule has 0 amide bonds. The van der Waals surface area contributed by atoms with Crippen LogP contribution in [-0.4, -0.2) is 4.98 Å². The number of rotatable bonds is 2. The normalized spacial score (nSPS) is 12.6. The highest BCUT2D eigenvalue weighted by Gasteiger charge is 2.24. The molecule has 0 N–H and O–H groups in total. The summed E-state index contributed by atoms with van der Waals surface area (Å²) in [6.07, 6.45) is 2.20. The van der Waals surface area contributed by atoms with Gasteiger partial charge in [-0.15, -0.1) is 0 Å². The molecular formula is C36H37N2O+. The predicted molar refractivity (Wildman–Crippen MR) is 163 cm³/mol. The molecule has 0 fully saturated rings. The minimum atomic E-state index is -0.0374. The van der Waals surface area contributed by atoms with Crippen LogP contribution in [-0.2, 0) is 17.9 Å². The monoisotopic (exact) mass is 513 g/mol. The van der Waals surface area contributed by atoms with Crippen molar-refractivity contribution in [2.75, 3.05) is 0 Å². The molecule has 0 aliphatic heterocycles. The molecule has 6 rings (SSSR count). The van der Waals surface area contributed by atoms with Gasteiger partial charge in [0.25, 0.3) is 0 Å². The van der Waals surface area contributed by atoms with Gasteiger partial charge in [0.15, 0.2) is 6.20 Å². The second-order valence-electron chi connectivity index (χ2n) is 13.0. The Labute approximate surface area is 231 Å². The molecule has 0 atom stereocenters. The van der Waals surface area contributed by atoms with E-state index in [-0.39, 0.29) is 10.8 Å². The molecule has 196 valence electrons. The number of benzene rings is 3. The van der Waals surface area contributed by atoms with Crippen molar-refractivity contribution in [2.45, 2.75) is 59.3 Å². The fourth-order valence-corrected chi connectivity index (χ4v) is 5.44. The smallest absolute Gasteiger partial charge is 0.216 e. The van der Waals surface area contributed by atoms with E-state index in [0.29, 0.717) is 0 Å². The Morgan fingerprint density at radius 1 is 0.692 bits per heavy atom. The molecular weight excluding hydrogens is 476 g/mol. The topological polar surface area (TPSA) is 29.9 Å². The first-order valence-electron chi connectivity index (χ1n) is 13.8. The lowest BCUT2D eigenvalue weighted by atomic mass is 9.85. The average molecular weight is 514 g/mol. The Morgan fingerprint density at radius 3 is 2.03 bits per heavy atom. The number of aromatic nitrogens is 2. The summed E-state index contributed by atoms with van der Waals surface area (Å²) < 4.78 is 8.82. The van der Waals surface area contributed by atoms with Gasteiger partial charge in [0.05, 0.1) is 5.56 Å². The highest BCUT2D eigenvalue weighted by atomic mass is 16.3. The average Bonchev–Trinajstić information content (AvgIpc) is 3.25. The Kier molecular flexibility index (Phi) is 5.69. The Bertz CT molecular complexity index is 1860. The fourth-order valence-electron chi connectivity index (χ4n) is 5.44. The molecule has 0 spiro atoms. The van der Waals surface area contributed by atoms with Crippen LogP contribution in [0.3, 0.4) is 0 Å². The highest BCUT2D eigenvalue weighted by Crippen LogP contribution is 2.40. The lowest BCUT2D eigenvalue weighted by molar-refractivity contribution is -0.659. The van der Waals surface area contributed by atoms with E-state index in [1.807, 2.05) is 0 Å². The molecule has 39 heavy (non-hydrogen) atoms. The van der Waals surface area contributed by atoms with Crippen LogP contribution in [0.2, 0.25) is 0 Å². The van der Waals surface area contributed by atoms with Gasteiger partial charge in [0.2, 0.25) is 5.69 Å². The van der Waals surface area contributed by atoms with Gasteiger partial charge in [-0.25, -0.2) is 4.57 Å². The molecule has 3 heterocycles. The van der Waals surface area contributed by atoms with Gasteiger partial charge in [-0.3, -0.25) is 4.98 Å². The minimum absolute atomic E-state index is 0.0374. The number of hydrogen-bond acceptors (Lipinski definition) is 2. The van der Waals surface area contributed by atoms with E-state index in [0.717, 1.165) is 44.6 Å². The number of pyridine rings is 2. The molecule has 0 aliphatic carbocycles. The van der Waals surface area contributed by atoms with Gasteiger partial charge >= 0.3 is 0 Å². The summed E-state index contributed by atoms with van der Waals surface area (Å²) in [5, 5.41) is 4.73. The molecule has 0 aliphatic rings. The van der Waals surface area contributed by atoms with Crippen molar-refractivity contribution < 1.29 is 8.98 Å². The molecule has 3 heteroatoms. The van der Waals surface area contributed by atoms with Gasteiger partial charge < -0.3 is 4.42 Å². The number of fused-ring (bicyclic) bond motifs is 4. The number of hydrogen-bond donors (Lipinski definition) is 0. The van der Waals surface area contributed by atoms with E-state index in [9.17, 15) is 0 Å². The molecule has 0 saturated carbocycles. The van der Waals surface area contributed by atoms with Crippen molar-refractivity contribution in [1.29, 1.82) is 0 Å². The standard InChI is InChI=1S/C36H37N2O/c1-22-13-15-27-28-17-24(26-19-31(35(2,3)4)37-32(20-26)36(5,6)7)14-16-30(28)39-34(27)33(22)29-18-23-11-9-10-12-25(23)21-38(29)8/h9-21H,1-8H3/q+1. The number of aryl methyl sites for hydroxylation is 2. The Balaban J connectivity index is 1.58.